The quantitative estimate of drug-likeness (QED) is 0.904. The Bertz CT molecular complexity index is 457. The Morgan fingerprint density at radius 3 is 2.94 bits per heavy atom. The zero-order chi connectivity index (χ0) is 11.4. The second-order valence-electron chi connectivity index (χ2n) is 3.34. The smallest absolute Gasteiger partial charge is 0.134 e. The first-order valence-corrected chi connectivity index (χ1v) is 5.63. The molecule has 0 saturated carbocycles. The second kappa shape index (κ2) is 5.14. The average molecular weight is 283 g/mol. The van der Waals surface area contributed by atoms with Gasteiger partial charge in [0.05, 0.1) is 10.2 Å². The van der Waals surface area contributed by atoms with Crippen LogP contribution in [0.5, 0.6) is 5.75 Å². The summed E-state index contributed by atoms with van der Waals surface area (Å²) < 4.78 is 5.42. The van der Waals surface area contributed by atoms with Crippen molar-refractivity contribution in [3.63, 3.8) is 0 Å². The monoisotopic (exact) mass is 282 g/mol. The van der Waals surface area contributed by atoms with Gasteiger partial charge in [0.1, 0.15) is 12.0 Å². The summed E-state index contributed by atoms with van der Waals surface area (Å²) in [5, 5.41) is 16.7. The molecule has 2 rings (SSSR count). The van der Waals surface area contributed by atoms with Crippen molar-refractivity contribution in [3.8, 4) is 5.75 Å². The van der Waals surface area contributed by atoms with Crippen molar-refractivity contribution in [3.05, 3.63) is 46.3 Å². The Labute approximate surface area is 101 Å². The highest BCUT2D eigenvalue weighted by Gasteiger charge is 2.04. The standard InChI is InChI=1S/C11H11BrN2O2/c12-10-3-1-2-8(11(10)15)6-13-7-9-4-5-16-14-9/h1-5,13,15H,6-7H2. The third kappa shape index (κ3) is 2.62. The first-order chi connectivity index (χ1) is 7.77. The first kappa shape index (κ1) is 11.2. The maximum Gasteiger partial charge on any atom is 0.134 e. The molecule has 5 heteroatoms. The average Bonchev–Trinajstić information content (AvgIpc) is 2.77. The van der Waals surface area contributed by atoms with Gasteiger partial charge in [0.2, 0.25) is 0 Å². The minimum absolute atomic E-state index is 0.273. The number of hydrogen-bond acceptors (Lipinski definition) is 4. The number of halogens is 1. The molecule has 1 aromatic heterocycles. The molecule has 0 atom stereocenters. The van der Waals surface area contributed by atoms with Crippen molar-refractivity contribution in [2.24, 2.45) is 0 Å². The number of phenols is 1. The lowest BCUT2D eigenvalue weighted by molar-refractivity contribution is 0.408. The third-order valence-electron chi connectivity index (χ3n) is 2.18. The van der Waals surface area contributed by atoms with Gasteiger partial charge in [0.25, 0.3) is 0 Å². The fourth-order valence-corrected chi connectivity index (χ4v) is 1.76. The van der Waals surface area contributed by atoms with E-state index in [-0.39, 0.29) is 5.75 Å². The van der Waals surface area contributed by atoms with Crippen molar-refractivity contribution in [2.75, 3.05) is 0 Å². The van der Waals surface area contributed by atoms with E-state index in [1.54, 1.807) is 12.1 Å². The molecule has 0 unspecified atom stereocenters. The fraction of sp³-hybridized carbons (Fsp3) is 0.182. The van der Waals surface area contributed by atoms with Crippen molar-refractivity contribution >= 4 is 15.9 Å². The molecular formula is C11H11BrN2O2. The Morgan fingerprint density at radius 1 is 1.31 bits per heavy atom. The van der Waals surface area contributed by atoms with E-state index in [9.17, 15) is 5.11 Å². The number of benzene rings is 1. The summed E-state index contributed by atoms with van der Waals surface area (Å²) in [6.45, 7) is 1.20. The van der Waals surface area contributed by atoms with Crippen LogP contribution in [0.25, 0.3) is 0 Å². The van der Waals surface area contributed by atoms with Crippen LogP contribution in [0.4, 0.5) is 0 Å². The number of nitrogens with zero attached hydrogens (tertiary/aromatic N) is 1. The summed E-state index contributed by atoms with van der Waals surface area (Å²) in [6, 6.07) is 7.36. The first-order valence-electron chi connectivity index (χ1n) is 4.83. The number of nitrogens with one attached hydrogen (secondary N) is 1. The number of para-hydroxylation sites is 1. The summed E-state index contributed by atoms with van der Waals surface area (Å²) in [5.41, 5.74) is 1.69. The molecule has 0 amide bonds. The van der Waals surface area contributed by atoms with Crippen molar-refractivity contribution in [1.82, 2.24) is 10.5 Å². The van der Waals surface area contributed by atoms with E-state index >= 15 is 0 Å². The van der Waals surface area contributed by atoms with Crippen LogP contribution in [0.1, 0.15) is 11.3 Å². The summed E-state index contributed by atoms with van der Waals surface area (Å²) in [7, 11) is 0. The highest BCUT2D eigenvalue weighted by Crippen LogP contribution is 2.27. The lowest BCUT2D eigenvalue weighted by atomic mass is 10.2. The van der Waals surface area contributed by atoms with Gasteiger partial charge < -0.3 is 14.9 Å². The van der Waals surface area contributed by atoms with E-state index in [1.807, 2.05) is 12.1 Å². The Hall–Kier alpha value is -1.33. The molecule has 2 aromatic rings. The van der Waals surface area contributed by atoms with E-state index in [0.717, 1.165) is 11.3 Å². The maximum atomic E-state index is 9.73. The van der Waals surface area contributed by atoms with E-state index in [2.05, 4.69) is 26.4 Å². The number of phenolic OH excluding ortho intramolecular Hbond substituents is 1. The van der Waals surface area contributed by atoms with Gasteiger partial charge in [-0.2, -0.15) is 0 Å². The fourth-order valence-electron chi connectivity index (χ4n) is 1.36. The summed E-state index contributed by atoms with van der Waals surface area (Å²) in [6.07, 6.45) is 1.54. The molecule has 0 aliphatic rings. The van der Waals surface area contributed by atoms with E-state index < -0.39 is 0 Å². The van der Waals surface area contributed by atoms with Crippen molar-refractivity contribution in [1.29, 1.82) is 0 Å². The van der Waals surface area contributed by atoms with Crippen molar-refractivity contribution in [2.45, 2.75) is 13.1 Å². The van der Waals surface area contributed by atoms with Crippen LogP contribution in [0, 0.1) is 0 Å². The maximum absolute atomic E-state index is 9.73. The van der Waals surface area contributed by atoms with Crippen LogP contribution in [0.3, 0.4) is 0 Å². The molecule has 0 fully saturated rings. The zero-order valence-electron chi connectivity index (χ0n) is 8.48. The van der Waals surface area contributed by atoms with Crippen LogP contribution < -0.4 is 5.32 Å². The van der Waals surface area contributed by atoms with Gasteiger partial charge in [0.15, 0.2) is 0 Å². The molecule has 0 spiro atoms. The van der Waals surface area contributed by atoms with E-state index in [4.69, 9.17) is 4.52 Å². The van der Waals surface area contributed by atoms with Crippen LogP contribution in [0.2, 0.25) is 0 Å². The molecule has 0 saturated heterocycles. The van der Waals surface area contributed by atoms with Crippen LogP contribution in [-0.2, 0) is 13.1 Å². The molecule has 0 aliphatic heterocycles. The van der Waals surface area contributed by atoms with Gasteiger partial charge in [-0.05, 0) is 22.0 Å². The Morgan fingerprint density at radius 2 is 2.19 bits per heavy atom. The molecule has 84 valence electrons. The van der Waals surface area contributed by atoms with Gasteiger partial charge in [-0.3, -0.25) is 0 Å². The van der Waals surface area contributed by atoms with Crippen molar-refractivity contribution < 1.29 is 9.63 Å². The number of hydrogen-bond donors (Lipinski definition) is 2. The second-order valence-corrected chi connectivity index (χ2v) is 4.20. The van der Waals surface area contributed by atoms with Gasteiger partial charge in [-0.1, -0.05) is 17.3 Å². The van der Waals surface area contributed by atoms with Gasteiger partial charge >= 0.3 is 0 Å². The molecule has 0 radical (unpaired) electrons. The molecular weight excluding hydrogens is 272 g/mol. The highest BCUT2D eigenvalue weighted by molar-refractivity contribution is 9.10. The van der Waals surface area contributed by atoms with Crippen LogP contribution >= 0.6 is 15.9 Å². The molecule has 1 aromatic carbocycles. The molecule has 4 nitrogen and oxygen atoms in total. The predicted octanol–water partition coefficient (Wildman–Crippen LogP) is 2.43. The largest absolute Gasteiger partial charge is 0.506 e. The lowest BCUT2D eigenvalue weighted by Gasteiger charge is -2.06. The summed E-state index contributed by atoms with van der Waals surface area (Å²) in [4.78, 5) is 0. The van der Waals surface area contributed by atoms with Gasteiger partial charge in [0, 0.05) is 24.7 Å². The predicted molar refractivity (Wildman–Crippen MR) is 62.9 cm³/mol. The molecule has 0 aliphatic carbocycles. The topological polar surface area (TPSA) is 58.3 Å². The number of rotatable bonds is 4. The van der Waals surface area contributed by atoms with Gasteiger partial charge in [-0.25, -0.2) is 0 Å². The van der Waals surface area contributed by atoms with Crippen LogP contribution in [-0.4, -0.2) is 10.3 Å². The third-order valence-corrected chi connectivity index (χ3v) is 2.82. The molecule has 1 heterocycles. The molecule has 2 N–H and O–H groups in total. The van der Waals surface area contributed by atoms with E-state index in [1.165, 1.54) is 6.26 Å². The number of aromatic nitrogens is 1. The van der Waals surface area contributed by atoms with E-state index in [0.29, 0.717) is 17.6 Å². The number of aromatic hydroxyl groups is 1. The Balaban J connectivity index is 1.92. The van der Waals surface area contributed by atoms with Gasteiger partial charge in [-0.15, -0.1) is 0 Å². The Kier molecular flexibility index (Phi) is 3.58. The minimum atomic E-state index is 0.273. The lowest BCUT2D eigenvalue weighted by Crippen LogP contribution is -2.12. The minimum Gasteiger partial charge on any atom is -0.506 e. The molecule has 16 heavy (non-hydrogen) atoms. The molecule has 0 bridgehead atoms. The van der Waals surface area contributed by atoms with Crippen LogP contribution in [0.15, 0.2) is 39.5 Å². The normalized spacial score (nSPS) is 10.6. The summed E-state index contributed by atoms with van der Waals surface area (Å²) in [5.74, 6) is 0.273. The highest BCUT2D eigenvalue weighted by atomic mass is 79.9. The zero-order valence-corrected chi connectivity index (χ0v) is 10.1. The SMILES string of the molecule is Oc1c(Br)cccc1CNCc1ccon1. The summed E-state index contributed by atoms with van der Waals surface area (Å²) >= 11 is 3.27.